The third kappa shape index (κ3) is 2.94. The zero-order valence-corrected chi connectivity index (χ0v) is 11.1. The summed E-state index contributed by atoms with van der Waals surface area (Å²) in [6.07, 6.45) is 0. The molecule has 0 unspecified atom stereocenters. The van der Waals surface area contributed by atoms with Gasteiger partial charge in [0.05, 0.1) is 6.54 Å². The molecule has 0 spiro atoms. The second kappa shape index (κ2) is 5.14. The first kappa shape index (κ1) is 11.9. The zero-order chi connectivity index (χ0) is 12.3. The summed E-state index contributed by atoms with van der Waals surface area (Å²) in [4.78, 5) is 12.2. The van der Waals surface area contributed by atoms with Gasteiger partial charge in [0, 0.05) is 25.0 Å². The van der Waals surface area contributed by atoms with E-state index in [-0.39, 0.29) is 0 Å². The lowest BCUT2D eigenvalue weighted by molar-refractivity contribution is 0.892. The van der Waals surface area contributed by atoms with Gasteiger partial charge in [-0.05, 0) is 18.4 Å². The van der Waals surface area contributed by atoms with Gasteiger partial charge in [-0.3, -0.25) is 0 Å². The fourth-order valence-electron chi connectivity index (χ4n) is 1.59. The van der Waals surface area contributed by atoms with Crippen molar-refractivity contribution < 1.29 is 0 Å². The third-order valence-corrected chi connectivity index (χ3v) is 3.31. The van der Waals surface area contributed by atoms with Gasteiger partial charge in [-0.1, -0.05) is 6.07 Å². The Hall–Kier alpha value is -1.62. The molecule has 0 aliphatic heterocycles. The summed E-state index contributed by atoms with van der Waals surface area (Å²) in [5, 5.41) is 5.14. The molecule has 0 saturated heterocycles. The molecule has 0 saturated carbocycles. The maximum atomic E-state index is 4.44. The Morgan fingerprint density at radius 1 is 1.41 bits per heavy atom. The number of hydrogen-bond donors (Lipinski definition) is 1. The highest BCUT2D eigenvalue weighted by molar-refractivity contribution is 7.09. The smallest absolute Gasteiger partial charge is 0.134 e. The van der Waals surface area contributed by atoms with E-state index in [4.69, 9.17) is 0 Å². The molecular formula is C12H16N4S. The van der Waals surface area contributed by atoms with Crippen LogP contribution in [-0.2, 0) is 6.54 Å². The van der Waals surface area contributed by atoms with Crippen LogP contribution >= 0.6 is 11.3 Å². The molecule has 2 rings (SSSR count). The molecule has 0 aliphatic rings. The molecule has 0 radical (unpaired) electrons. The Kier molecular flexibility index (Phi) is 3.58. The van der Waals surface area contributed by atoms with E-state index in [9.17, 15) is 0 Å². The van der Waals surface area contributed by atoms with E-state index in [0.29, 0.717) is 0 Å². The van der Waals surface area contributed by atoms with E-state index in [1.807, 2.05) is 27.1 Å². The minimum Gasteiger partial charge on any atom is -0.373 e. The predicted molar refractivity (Wildman–Crippen MR) is 72.7 cm³/mol. The van der Waals surface area contributed by atoms with E-state index in [0.717, 1.165) is 24.0 Å². The van der Waals surface area contributed by atoms with Crippen molar-refractivity contribution in [3.63, 3.8) is 0 Å². The van der Waals surface area contributed by atoms with Gasteiger partial charge >= 0.3 is 0 Å². The summed E-state index contributed by atoms with van der Waals surface area (Å²) in [5.41, 5.74) is 0. The van der Waals surface area contributed by atoms with Crippen molar-refractivity contribution in [3.05, 3.63) is 34.3 Å². The standard InChI is InChI=1S/C12H16N4S/c1-9-14-11(13-2)7-12(15-9)16(3)8-10-5-4-6-17-10/h4-7H,8H2,1-3H3,(H,13,14,15). The van der Waals surface area contributed by atoms with Crippen LogP contribution in [0.4, 0.5) is 11.6 Å². The molecule has 1 N–H and O–H groups in total. The second-order valence-electron chi connectivity index (χ2n) is 3.84. The number of nitrogens with one attached hydrogen (secondary N) is 1. The first-order chi connectivity index (χ1) is 8.19. The fraction of sp³-hybridized carbons (Fsp3) is 0.333. The lowest BCUT2D eigenvalue weighted by Gasteiger charge is -2.18. The van der Waals surface area contributed by atoms with E-state index in [2.05, 4.69) is 37.7 Å². The largest absolute Gasteiger partial charge is 0.373 e. The summed E-state index contributed by atoms with van der Waals surface area (Å²) in [6.45, 7) is 2.78. The molecule has 2 heterocycles. The first-order valence-corrected chi connectivity index (χ1v) is 6.34. The van der Waals surface area contributed by atoms with Crippen molar-refractivity contribution in [1.82, 2.24) is 9.97 Å². The lowest BCUT2D eigenvalue weighted by atomic mass is 10.4. The third-order valence-electron chi connectivity index (χ3n) is 2.44. The van der Waals surface area contributed by atoms with Crippen molar-refractivity contribution in [1.29, 1.82) is 0 Å². The average molecular weight is 248 g/mol. The minimum atomic E-state index is 0.782. The summed E-state index contributed by atoms with van der Waals surface area (Å²) in [5.74, 6) is 2.57. The van der Waals surface area contributed by atoms with Gasteiger partial charge in [-0.15, -0.1) is 11.3 Å². The predicted octanol–water partition coefficient (Wildman–Crippen LogP) is 2.52. The summed E-state index contributed by atoms with van der Waals surface area (Å²) in [7, 11) is 3.91. The van der Waals surface area contributed by atoms with Crippen LogP contribution in [0.5, 0.6) is 0 Å². The molecule has 0 amide bonds. The quantitative estimate of drug-likeness (QED) is 0.902. The first-order valence-electron chi connectivity index (χ1n) is 5.46. The topological polar surface area (TPSA) is 41.0 Å². The second-order valence-corrected chi connectivity index (χ2v) is 4.88. The van der Waals surface area contributed by atoms with Crippen molar-refractivity contribution in [3.8, 4) is 0 Å². The fourth-order valence-corrected chi connectivity index (χ4v) is 2.35. The van der Waals surface area contributed by atoms with Gasteiger partial charge < -0.3 is 10.2 Å². The van der Waals surface area contributed by atoms with Crippen LogP contribution in [0, 0.1) is 6.92 Å². The van der Waals surface area contributed by atoms with Crippen molar-refractivity contribution in [2.45, 2.75) is 13.5 Å². The molecule has 0 aliphatic carbocycles. The van der Waals surface area contributed by atoms with Crippen LogP contribution in [0.25, 0.3) is 0 Å². The molecule has 0 bridgehead atoms. The van der Waals surface area contributed by atoms with Crippen molar-refractivity contribution in [2.24, 2.45) is 0 Å². The molecule has 0 fully saturated rings. The summed E-state index contributed by atoms with van der Waals surface area (Å²) < 4.78 is 0. The van der Waals surface area contributed by atoms with Gasteiger partial charge in [0.15, 0.2) is 0 Å². The summed E-state index contributed by atoms with van der Waals surface area (Å²) >= 11 is 1.76. The highest BCUT2D eigenvalue weighted by Crippen LogP contribution is 2.18. The van der Waals surface area contributed by atoms with Gasteiger partial charge in [0.25, 0.3) is 0 Å². The molecule has 0 aromatic carbocycles. The number of aryl methyl sites for hydroxylation is 1. The van der Waals surface area contributed by atoms with Crippen molar-refractivity contribution >= 4 is 23.0 Å². The molecule has 4 nitrogen and oxygen atoms in total. The number of aromatic nitrogens is 2. The monoisotopic (exact) mass is 248 g/mol. The van der Waals surface area contributed by atoms with Crippen molar-refractivity contribution in [2.75, 3.05) is 24.3 Å². The summed E-state index contributed by atoms with van der Waals surface area (Å²) in [6, 6.07) is 6.16. The Labute approximate surface area is 105 Å². The molecule has 5 heteroatoms. The van der Waals surface area contributed by atoms with Gasteiger partial charge in [0.1, 0.15) is 17.5 Å². The number of hydrogen-bond acceptors (Lipinski definition) is 5. The molecular weight excluding hydrogens is 232 g/mol. The van der Waals surface area contributed by atoms with Gasteiger partial charge in [-0.25, -0.2) is 9.97 Å². The van der Waals surface area contributed by atoms with Crippen LogP contribution in [0.15, 0.2) is 23.6 Å². The van der Waals surface area contributed by atoms with Crippen LogP contribution < -0.4 is 10.2 Å². The van der Waals surface area contributed by atoms with E-state index >= 15 is 0 Å². The van der Waals surface area contributed by atoms with E-state index < -0.39 is 0 Å². The highest BCUT2D eigenvalue weighted by Gasteiger charge is 2.07. The van der Waals surface area contributed by atoms with Gasteiger partial charge in [0.2, 0.25) is 0 Å². The average Bonchev–Trinajstić information content (AvgIpc) is 2.81. The van der Waals surface area contributed by atoms with Gasteiger partial charge in [-0.2, -0.15) is 0 Å². The number of rotatable bonds is 4. The van der Waals surface area contributed by atoms with E-state index in [1.165, 1.54) is 4.88 Å². The SMILES string of the molecule is CNc1cc(N(C)Cc2cccs2)nc(C)n1. The molecule has 17 heavy (non-hydrogen) atoms. The maximum Gasteiger partial charge on any atom is 0.134 e. The highest BCUT2D eigenvalue weighted by atomic mass is 32.1. The normalized spacial score (nSPS) is 10.3. The molecule has 2 aromatic rings. The zero-order valence-electron chi connectivity index (χ0n) is 10.3. The van der Waals surface area contributed by atoms with Crippen LogP contribution in [0.2, 0.25) is 0 Å². The molecule has 0 atom stereocenters. The molecule has 90 valence electrons. The van der Waals surface area contributed by atoms with Crippen LogP contribution in [0.1, 0.15) is 10.7 Å². The minimum absolute atomic E-state index is 0.782. The number of anilines is 2. The number of nitrogens with zero attached hydrogens (tertiary/aromatic N) is 3. The maximum absolute atomic E-state index is 4.44. The number of thiophene rings is 1. The Balaban J connectivity index is 2.18. The Bertz CT molecular complexity index is 481. The Morgan fingerprint density at radius 3 is 2.88 bits per heavy atom. The molecule has 2 aromatic heterocycles. The lowest BCUT2D eigenvalue weighted by Crippen LogP contribution is -2.18. The Morgan fingerprint density at radius 2 is 2.24 bits per heavy atom. The van der Waals surface area contributed by atoms with E-state index in [1.54, 1.807) is 11.3 Å². The van der Waals surface area contributed by atoms with Crippen LogP contribution in [0.3, 0.4) is 0 Å². The van der Waals surface area contributed by atoms with Crippen LogP contribution in [-0.4, -0.2) is 24.1 Å².